The minimum absolute atomic E-state index is 0.0101. The number of hydrogen-bond donors (Lipinski definition) is 3. The molecule has 0 unspecified atom stereocenters. The van der Waals surface area contributed by atoms with Crippen molar-refractivity contribution in [2.75, 3.05) is 5.32 Å². The van der Waals surface area contributed by atoms with Crippen LogP contribution in [0.25, 0.3) is 10.8 Å². The van der Waals surface area contributed by atoms with Gasteiger partial charge in [0.1, 0.15) is 0 Å². The Hall–Kier alpha value is -3.08. The second-order valence-corrected chi connectivity index (χ2v) is 4.53. The first-order valence-corrected chi connectivity index (χ1v) is 6.32. The summed E-state index contributed by atoms with van der Waals surface area (Å²) in [6.45, 7) is 0. The minimum atomic E-state index is -0.500. The van der Waals surface area contributed by atoms with Crippen LogP contribution in [0.1, 0.15) is 10.4 Å². The molecule has 5 heteroatoms. The number of phenols is 2. The molecule has 0 spiro atoms. The van der Waals surface area contributed by atoms with Crippen molar-refractivity contribution in [1.82, 2.24) is 4.98 Å². The van der Waals surface area contributed by atoms with Gasteiger partial charge in [0.2, 0.25) is 0 Å². The van der Waals surface area contributed by atoms with Gasteiger partial charge in [0.15, 0.2) is 11.5 Å². The van der Waals surface area contributed by atoms with Gasteiger partial charge in [-0.2, -0.15) is 0 Å². The van der Waals surface area contributed by atoms with Gasteiger partial charge in [-0.25, -0.2) is 0 Å². The number of para-hydroxylation sites is 1. The fraction of sp³-hybridized carbons (Fsp3) is 0. The monoisotopic (exact) mass is 280 g/mol. The van der Waals surface area contributed by atoms with Gasteiger partial charge in [-0.15, -0.1) is 0 Å². The minimum Gasteiger partial charge on any atom is -0.504 e. The molecule has 0 fully saturated rings. The normalized spacial score (nSPS) is 10.5. The molecule has 3 rings (SSSR count). The van der Waals surface area contributed by atoms with E-state index in [1.54, 1.807) is 18.5 Å². The molecule has 0 bridgehead atoms. The summed E-state index contributed by atoms with van der Waals surface area (Å²) in [5.74, 6) is -1.27. The summed E-state index contributed by atoms with van der Waals surface area (Å²) in [6, 6.07) is 11.6. The van der Waals surface area contributed by atoms with E-state index in [1.807, 2.05) is 18.2 Å². The molecule has 0 atom stereocenters. The van der Waals surface area contributed by atoms with Crippen molar-refractivity contribution in [1.29, 1.82) is 0 Å². The standard InChI is InChI=1S/C16H12N2O3/c19-14-6-2-4-11(15(14)20)16(21)18-13-5-1-3-10-7-8-17-9-12(10)13/h1-9,19-20H,(H,18,21). The topological polar surface area (TPSA) is 82.5 Å². The third kappa shape index (κ3) is 2.36. The highest BCUT2D eigenvalue weighted by atomic mass is 16.3. The smallest absolute Gasteiger partial charge is 0.259 e. The molecule has 0 saturated heterocycles. The summed E-state index contributed by atoms with van der Waals surface area (Å²) >= 11 is 0. The lowest BCUT2D eigenvalue weighted by Gasteiger charge is -2.10. The third-order valence-electron chi connectivity index (χ3n) is 3.19. The van der Waals surface area contributed by atoms with E-state index < -0.39 is 11.7 Å². The largest absolute Gasteiger partial charge is 0.504 e. The average molecular weight is 280 g/mol. The van der Waals surface area contributed by atoms with Crippen molar-refractivity contribution in [2.24, 2.45) is 0 Å². The Kier molecular flexibility index (Phi) is 3.16. The molecule has 3 N–H and O–H groups in total. The van der Waals surface area contributed by atoms with Crippen molar-refractivity contribution < 1.29 is 15.0 Å². The number of carbonyl (C=O) groups is 1. The molecule has 21 heavy (non-hydrogen) atoms. The van der Waals surface area contributed by atoms with E-state index in [9.17, 15) is 15.0 Å². The maximum absolute atomic E-state index is 12.2. The number of hydrogen-bond acceptors (Lipinski definition) is 4. The van der Waals surface area contributed by atoms with Crippen LogP contribution in [0.3, 0.4) is 0 Å². The number of nitrogens with zero attached hydrogens (tertiary/aromatic N) is 1. The van der Waals surface area contributed by atoms with E-state index in [1.165, 1.54) is 18.2 Å². The molecule has 2 aromatic carbocycles. The number of carbonyl (C=O) groups excluding carboxylic acids is 1. The Morgan fingerprint density at radius 2 is 1.86 bits per heavy atom. The number of phenolic OH excluding ortho intramolecular Hbond substituents is 2. The quantitative estimate of drug-likeness (QED) is 0.630. The number of nitrogens with one attached hydrogen (secondary N) is 1. The van der Waals surface area contributed by atoms with Gasteiger partial charge in [0.25, 0.3) is 5.91 Å². The fourth-order valence-corrected chi connectivity index (χ4v) is 2.13. The van der Waals surface area contributed by atoms with Crippen LogP contribution in [0.15, 0.2) is 54.9 Å². The van der Waals surface area contributed by atoms with Crippen molar-refractivity contribution in [3.05, 3.63) is 60.4 Å². The van der Waals surface area contributed by atoms with Gasteiger partial charge in [-0.1, -0.05) is 18.2 Å². The van der Waals surface area contributed by atoms with Crippen LogP contribution in [-0.2, 0) is 0 Å². The highest BCUT2D eigenvalue weighted by Gasteiger charge is 2.14. The van der Waals surface area contributed by atoms with Crippen molar-refractivity contribution in [3.63, 3.8) is 0 Å². The third-order valence-corrected chi connectivity index (χ3v) is 3.19. The molecule has 0 aliphatic carbocycles. The van der Waals surface area contributed by atoms with E-state index in [0.29, 0.717) is 5.69 Å². The van der Waals surface area contributed by atoms with Crippen molar-refractivity contribution in [2.45, 2.75) is 0 Å². The lowest BCUT2D eigenvalue weighted by molar-refractivity contribution is 0.102. The predicted octanol–water partition coefficient (Wildman–Crippen LogP) is 2.90. The first-order valence-electron chi connectivity index (χ1n) is 6.32. The van der Waals surface area contributed by atoms with Crippen LogP contribution >= 0.6 is 0 Å². The Labute approximate surface area is 120 Å². The van der Waals surface area contributed by atoms with E-state index in [-0.39, 0.29) is 11.3 Å². The van der Waals surface area contributed by atoms with Crippen LogP contribution in [0.5, 0.6) is 11.5 Å². The lowest BCUT2D eigenvalue weighted by Crippen LogP contribution is -2.12. The summed E-state index contributed by atoms with van der Waals surface area (Å²) in [6.07, 6.45) is 3.34. The first kappa shape index (κ1) is 12.9. The van der Waals surface area contributed by atoms with Crippen LogP contribution in [0.4, 0.5) is 5.69 Å². The van der Waals surface area contributed by atoms with Crippen molar-refractivity contribution >= 4 is 22.4 Å². The van der Waals surface area contributed by atoms with Gasteiger partial charge in [0, 0.05) is 17.8 Å². The highest BCUT2D eigenvalue weighted by molar-refractivity contribution is 6.10. The Balaban J connectivity index is 1.99. The molecule has 1 aromatic heterocycles. The molecule has 1 amide bonds. The molecule has 0 saturated carbocycles. The summed E-state index contributed by atoms with van der Waals surface area (Å²) < 4.78 is 0. The highest BCUT2D eigenvalue weighted by Crippen LogP contribution is 2.29. The van der Waals surface area contributed by atoms with E-state index in [4.69, 9.17) is 0 Å². The molecular weight excluding hydrogens is 268 g/mol. The molecule has 104 valence electrons. The number of pyridine rings is 1. The maximum atomic E-state index is 12.2. The summed E-state index contributed by atoms with van der Waals surface area (Å²) in [4.78, 5) is 16.3. The molecule has 1 heterocycles. The van der Waals surface area contributed by atoms with Gasteiger partial charge >= 0.3 is 0 Å². The number of benzene rings is 2. The zero-order valence-corrected chi connectivity index (χ0v) is 10.9. The predicted molar refractivity (Wildman–Crippen MR) is 79.5 cm³/mol. The second-order valence-electron chi connectivity index (χ2n) is 4.53. The SMILES string of the molecule is O=C(Nc1cccc2ccncc12)c1cccc(O)c1O. The van der Waals surface area contributed by atoms with Crippen molar-refractivity contribution in [3.8, 4) is 11.5 Å². The summed E-state index contributed by atoms with van der Waals surface area (Å²) in [7, 11) is 0. The summed E-state index contributed by atoms with van der Waals surface area (Å²) in [5.41, 5.74) is 0.601. The Morgan fingerprint density at radius 3 is 2.71 bits per heavy atom. The maximum Gasteiger partial charge on any atom is 0.259 e. The molecule has 0 radical (unpaired) electrons. The lowest BCUT2D eigenvalue weighted by atomic mass is 10.1. The zero-order valence-electron chi connectivity index (χ0n) is 10.9. The number of anilines is 1. The zero-order chi connectivity index (χ0) is 14.8. The van der Waals surface area contributed by atoms with E-state index in [0.717, 1.165) is 10.8 Å². The van der Waals surface area contributed by atoms with Crippen LogP contribution in [-0.4, -0.2) is 21.1 Å². The van der Waals surface area contributed by atoms with Gasteiger partial charge < -0.3 is 15.5 Å². The first-order chi connectivity index (χ1) is 10.2. The number of aromatic nitrogens is 1. The molecular formula is C16H12N2O3. The van der Waals surface area contributed by atoms with Gasteiger partial charge in [-0.05, 0) is 29.7 Å². The number of aromatic hydroxyl groups is 2. The van der Waals surface area contributed by atoms with E-state index >= 15 is 0 Å². The average Bonchev–Trinajstić information content (AvgIpc) is 2.50. The van der Waals surface area contributed by atoms with Gasteiger partial charge in [-0.3, -0.25) is 9.78 Å². The molecule has 0 aliphatic heterocycles. The number of fused-ring (bicyclic) bond motifs is 1. The summed E-state index contributed by atoms with van der Waals surface area (Å²) in [5, 5.41) is 23.6. The molecule has 0 aliphatic rings. The Bertz CT molecular complexity index is 825. The molecule has 3 aromatic rings. The number of rotatable bonds is 2. The van der Waals surface area contributed by atoms with Crippen LogP contribution < -0.4 is 5.32 Å². The fourth-order valence-electron chi connectivity index (χ4n) is 2.13. The Morgan fingerprint density at radius 1 is 1.05 bits per heavy atom. The van der Waals surface area contributed by atoms with Gasteiger partial charge in [0.05, 0.1) is 11.3 Å². The molecule has 5 nitrogen and oxygen atoms in total. The second kappa shape index (κ2) is 5.13. The van der Waals surface area contributed by atoms with Crippen LogP contribution in [0, 0.1) is 0 Å². The van der Waals surface area contributed by atoms with E-state index in [2.05, 4.69) is 10.3 Å². The van der Waals surface area contributed by atoms with Crippen LogP contribution in [0.2, 0.25) is 0 Å². The number of amides is 1.